The van der Waals surface area contributed by atoms with E-state index in [-0.39, 0.29) is 25.9 Å². The normalized spacial score (nSPS) is 15.2. The Morgan fingerprint density at radius 3 is 1.98 bits per heavy atom. The summed E-state index contributed by atoms with van der Waals surface area (Å²) in [5.41, 5.74) is 2.89. The van der Waals surface area contributed by atoms with Gasteiger partial charge >= 0.3 is 0 Å². The quantitative estimate of drug-likeness (QED) is 0.221. The molecule has 0 aliphatic carbocycles. The Morgan fingerprint density at radius 1 is 0.829 bits per heavy atom. The molecule has 0 atom stereocenters. The second kappa shape index (κ2) is 12.3. The standard InChI is InChI=1S/C25H26Cl4N4O6S2/c1-30-20-12-16(26)18(28)14-22(20)32(8-4-10-40(34,35)36)24(30)6-3-7-25-31(2)21-13-17(27)19(29)15-23(21)33(25)9-5-11-41(37,38)39/h3,6-7,12-15H,4-5,8-11H2,1-2H3,(H-,34,35,36,37,38,39)/p-1. The number of allylic oxidation sites excluding steroid dienone is 2. The molecule has 16 heteroatoms. The third-order valence-electron chi connectivity index (χ3n) is 6.62. The monoisotopic (exact) mass is 681 g/mol. The van der Waals surface area contributed by atoms with Crippen LogP contribution in [0.3, 0.4) is 0 Å². The summed E-state index contributed by atoms with van der Waals surface area (Å²) >= 11 is 25.1. The molecule has 1 aliphatic heterocycles. The Balaban J connectivity index is 1.74. The third kappa shape index (κ3) is 7.31. The number of nitrogens with zero attached hydrogens (tertiary/aromatic N) is 4. The van der Waals surface area contributed by atoms with Crippen LogP contribution in [-0.2, 0) is 33.8 Å². The zero-order chi connectivity index (χ0) is 30.3. The number of halogens is 4. The van der Waals surface area contributed by atoms with E-state index in [1.807, 2.05) is 33.0 Å². The van der Waals surface area contributed by atoms with Gasteiger partial charge in [0.1, 0.15) is 5.82 Å². The van der Waals surface area contributed by atoms with Gasteiger partial charge in [-0.2, -0.15) is 0 Å². The van der Waals surface area contributed by atoms with Gasteiger partial charge in [-0.15, -0.1) is 0 Å². The van der Waals surface area contributed by atoms with Crippen LogP contribution in [0.25, 0.3) is 17.1 Å². The van der Waals surface area contributed by atoms with Crippen molar-refractivity contribution in [3.05, 3.63) is 68.2 Å². The Bertz CT molecular complexity index is 1790. The lowest BCUT2D eigenvalue weighted by molar-refractivity contribution is -0.647. The average molecular weight is 683 g/mol. The van der Waals surface area contributed by atoms with Crippen molar-refractivity contribution in [3.8, 4) is 0 Å². The summed E-state index contributed by atoms with van der Waals surface area (Å²) in [5, 5.41) is 1.35. The molecular weight excluding hydrogens is 658 g/mol. The van der Waals surface area contributed by atoms with E-state index in [0.29, 0.717) is 42.9 Å². The average Bonchev–Trinajstić information content (AvgIpc) is 3.24. The van der Waals surface area contributed by atoms with Crippen LogP contribution < -0.4 is 14.4 Å². The lowest BCUT2D eigenvalue weighted by atomic mass is 10.2. The van der Waals surface area contributed by atoms with E-state index in [2.05, 4.69) is 0 Å². The van der Waals surface area contributed by atoms with Crippen LogP contribution in [0.1, 0.15) is 18.7 Å². The number of aromatic nitrogens is 2. The minimum Gasteiger partial charge on any atom is -0.748 e. The topological polar surface area (TPSA) is 130 Å². The lowest BCUT2D eigenvalue weighted by Crippen LogP contribution is -2.31. The van der Waals surface area contributed by atoms with Crippen LogP contribution in [0.4, 0.5) is 11.4 Å². The maximum Gasteiger partial charge on any atom is 0.282 e. The number of aryl methyl sites for hydroxylation is 2. The second-order valence-electron chi connectivity index (χ2n) is 9.40. The zero-order valence-corrected chi connectivity index (χ0v) is 26.5. The molecule has 10 nitrogen and oxygen atoms in total. The van der Waals surface area contributed by atoms with Gasteiger partial charge in [0.2, 0.25) is 0 Å². The lowest BCUT2D eigenvalue weighted by Gasteiger charge is -2.23. The summed E-state index contributed by atoms with van der Waals surface area (Å²) in [5.74, 6) is 0.304. The van der Waals surface area contributed by atoms with Crippen molar-refractivity contribution in [2.75, 3.05) is 34.9 Å². The van der Waals surface area contributed by atoms with Crippen molar-refractivity contribution in [1.29, 1.82) is 0 Å². The van der Waals surface area contributed by atoms with Crippen LogP contribution >= 0.6 is 46.4 Å². The van der Waals surface area contributed by atoms with E-state index in [1.54, 1.807) is 42.5 Å². The SMILES string of the molecule is CN1/C(=C\C=C\c2n(CCCS(=O)(=O)[O-])c3cc(Cl)c(Cl)cc3[n+]2C)N(CCCS(=O)(=O)[O-])c2cc(Cl)c(Cl)cc21. The van der Waals surface area contributed by atoms with E-state index in [1.165, 1.54) is 0 Å². The Kier molecular flexibility index (Phi) is 9.56. The van der Waals surface area contributed by atoms with Gasteiger partial charge in [0.15, 0.2) is 11.0 Å². The van der Waals surface area contributed by atoms with Crippen molar-refractivity contribution in [1.82, 2.24) is 4.57 Å². The molecule has 2 heterocycles. The molecule has 0 saturated heterocycles. The van der Waals surface area contributed by atoms with Gasteiger partial charge in [-0.1, -0.05) is 52.5 Å². The van der Waals surface area contributed by atoms with Gasteiger partial charge in [0, 0.05) is 43.3 Å². The fourth-order valence-corrected chi connectivity index (χ4v) is 6.37. The highest BCUT2D eigenvalue weighted by molar-refractivity contribution is 7.85. The number of anilines is 2. The minimum atomic E-state index is -4.39. The van der Waals surface area contributed by atoms with Crippen molar-refractivity contribution >= 4 is 95.1 Å². The largest absolute Gasteiger partial charge is 0.748 e. The highest BCUT2D eigenvalue weighted by Gasteiger charge is 2.30. The molecule has 0 fully saturated rings. The van der Waals surface area contributed by atoms with Gasteiger partial charge in [-0.3, -0.25) is 0 Å². The molecule has 2 aromatic carbocycles. The molecule has 0 N–H and O–H groups in total. The number of fused-ring (bicyclic) bond motifs is 2. The number of hydrogen-bond donors (Lipinski definition) is 0. The fourth-order valence-electron chi connectivity index (χ4n) is 4.77. The van der Waals surface area contributed by atoms with Crippen molar-refractivity contribution < 1.29 is 30.5 Å². The highest BCUT2D eigenvalue weighted by Crippen LogP contribution is 2.45. The summed E-state index contributed by atoms with van der Waals surface area (Å²) in [6, 6.07) is 6.77. The van der Waals surface area contributed by atoms with Gasteiger partial charge in [-0.05, 0) is 31.1 Å². The molecule has 1 aromatic heterocycles. The van der Waals surface area contributed by atoms with Crippen LogP contribution in [0.2, 0.25) is 20.1 Å². The van der Waals surface area contributed by atoms with E-state index < -0.39 is 31.7 Å². The first-order chi connectivity index (χ1) is 19.1. The van der Waals surface area contributed by atoms with Gasteiger partial charge in [-0.25, -0.2) is 26.0 Å². The van der Waals surface area contributed by atoms with E-state index >= 15 is 0 Å². The van der Waals surface area contributed by atoms with Crippen LogP contribution in [0.15, 0.2) is 42.2 Å². The molecule has 0 amide bonds. The molecule has 0 bridgehead atoms. The minimum absolute atomic E-state index is 0.0910. The number of benzene rings is 2. The predicted octanol–water partition coefficient (Wildman–Crippen LogP) is 4.76. The third-order valence-corrected chi connectivity index (χ3v) is 9.64. The zero-order valence-electron chi connectivity index (χ0n) is 21.9. The molecular formula is C25H25Cl4N4O6S2-. The van der Waals surface area contributed by atoms with E-state index in [9.17, 15) is 25.9 Å². The highest BCUT2D eigenvalue weighted by atomic mass is 35.5. The molecule has 222 valence electrons. The van der Waals surface area contributed by atoms with Crippen molar-refractivity contribution in [2.45, 2.75) is 19.4 Å². The van der Waals surface area contributed by atoms with Gasteiger partial charge in [0.25, 0.3) is 5.82 Å². The number of imidazole rings is 1. The molecule has 4 rings (SSSR count). The Morgan fingerprint density at radius 2 is 1.37 bits per heavy atom. The smallest absolute Gasteiger partial charge is 0.282 e. The van der Waals surface area contributed by atoms with Crippen molar-refractivity contribution in [3.63, 3.8) is 0 Å². The fraction of sp³-hybridized carbons (Fsp3) is 0.320. The molecule has 41 heavy (non-hydrogen) atoms. The van der Waals surface area contributed by atoms with E-state index in [4.69, 9.17) is 46.4 Å². The summed E-state index contributed by atoms with van der Waals surface area (Å²) in [4.78, 5) is 3.71. The summed E-state index contributed by atoms with van der Waals surface area (Å²) < 4.78 is 71.0. The first-order valence-corrected chi connectivity index (χ1v) is 16.9. The number of hydrogen-bond acceptors (Lipinski definition) is 8. The molecule has 0 radical (unpaired) electrons. The summed E-state index contributed by atoms with van der Waals surface area (Å²) in [6.07, 6.45) is 5.56. The molecule has 1 aliphatic rings. The second-order valence-corrected chi connectivity index (χ2v) is 14.1. The number of rotatable bonds is 10. The van der Waals surface area contributed by atoms with Gasteiger partial charge in [0.05, 0.1) is 65.3 Å². The maximum atomic E-state index is 11.2. The Hall–Kier alpha value is -2.03. The van der Waals surface area contributed by atoms with Crippen LogP contribution in [0.5, 0.6) is 0 Å². The van der Waals surface area contributed by atoms with Crippen molar-refractivity contribution in [2.24, 2.45) is 7.05 Å². The van der Waals surface area contributed by atoms with Gasteiger partial charge < -0.3 is 18.9 Å². The molecule has 0 spiro atoms. The molecule has 0 saturated carbocycles. The Labute approximate surface area is 258 Å². The predicted molar refractivity (Wildman–Crippen MR) is 161 cm³/mol. The van der Waals surface area contributed by atoms with Crippen LogP contribution in [0, 0.1) is 0 Å². The van der Waals surface area contributed by atoms with E-state index in [0.717, 1.165) is 11.2 Å². The first-order valence-electron chi connectivity index (χ1n) is 12.2. The first kappa shape index (κ1) is 31.9. The molecule has 3 aromatic rings. The molecule has 0 unspecified atom stereocenters. The summed E-state index contributed by atoms with van der Waals surface area (Å²) in [7, 11) is -5.15. The maximum absolute atomic E-state index is 11.2. The van der Waals surface area contributed by atoms with Crippen LogP contribution in [-0.4, -0.2) is 55.6 Å². The summed E-state index contributed by atoms with van der Waals surface area (Å²) in [6.45, 7) is 0.455.